The van der Waals surface area contributed by atoms with E-state index in [4.69, 9.17) is 9.84 Å². The van der Waals surface area contributed by atoms with E-state index >= 15 is 0 Å². The molecule has 3 nitrogen and oxygen atoms in total. The zero-order chi connectivity index (χ0) is 8.48. The molecule has 1 aliphatic heterocycles. The molecule has 1 rings (SSSR count). The van der Waals surface area contributed by atoms with Crippen molar-refractivity contribution in [2.24, 2.45) is 5.41 Å². The minimum Gasteiger partial charge on any atom is -0.479 e. The van der Waals surface area contributed by atoms with Crippen molar-refractivity contribution in [3.05, 3.63) is 0 Å². The lowest BCUT2D eigenvalue weighted by Crippen LogP contribution is -2.36. The highest BCUT2D eigenvalue weighted by Gasteiger charge is 2.30. The van der Waals surface area contributed by atoms with Crippen molar-refractivity contribution in [3.63, 3.8) is 0 Å². The van der Waals surface area contributed by atoms with Gasteiger partial charge in [-0.15, -0.1) is 0 Å². The maximum Gasteiger partial charge on any atom is 0.332 e. The monoisotopic (exact) mass is 158 g/mol. The molecular weight excluding hydrogens is 144 g/mol. The molecule has 1 heterocycles. The van der Waals surface area contributed by atoms with Crippen molar-refractivity contribution in [1.29, 1.82) is 0 Å². The fourth-order valence-electron chi connectivity index (χ4n) is 1.20. The summed E-state index contributed by atoms with van der Waals surface area (Å²) in [5.41, 5.74) is 0.159. The molecule has 1 fully saturated rings. The summed E-state index contributed by atoms with van der Waals surface area (Å²) in [7, 11) is 0. The summed E-state index contributed by atoms with van der Waals surface area (Å²) in [5.74, 6) is -0.833. The van der Waals surface area contributed by atoms with Crippen molar-refractivity contribution in [3.8, 4) is 0 Å². The lowest BCUT2D eigenvalue weighted by Gasteiger charge is -2.32. The van der Waals surface area contributed by atoms with Gasteiger partial charge in [0, 0.05) is 0 Å². The first-order valence-electron chi connectivity index (χ1n) is 3.86. The minimum absolute atomic E-state index is 0.159. The number of hydrogen-bond donors (Lipinski definition) is 1. The minimum atomic E-state index is -0.833. The summed E-state index contributed by atoms with van der Waals surface area (Å²) in [5, 5.41) is 8.58. The normalized spacial score (nSPS) is 29.8. The predicted octanol–water partition coefficient (Wildman–Crippen LogP) is 1.28. The van der Waals surface area contributed by atoms with Gasteiger partial charge in [-0.3, -0.25) is 0 Å². The second-order valence-electron chi connectivity index (χ2n) is 3.84. The molecule has 0 radical (unpaired) electrons. The van der Waals surface area contributed by atoms with Crippen LogP contribution in [0.15, 0.2) is 0 Å². The molecule has 0 aromatic carbocycles. The number of ether oxygens (including phenoxy) is 1. The maximum atomic E-state index is 10.4. The number of carboxylic acids is 1. The molecule has 1 aliphatic rings. The van der Waals surface area contributed by atoms with Crippen LogP contribution in [0.5, 0.6) is 0 Å². The zero-order valence-electron chi connectivity index (χ0n) is 6.96. The fourth-order valence-corrected chi connectivity index (χ4v) is 1.20. The Bertz CT molecular complexity index is 153. The summed E-state index contributed by atoms with van der Waals surface area (Å²) in [6.45, 7) is 4.74. The van der Waals surface area contributed by atoms with Crippen LogP contribution in [0.2, 0.25) is 0 Å². The molecule has 0 amide bonds. The third-order valence-electron chi connectivity index (χ3n) is 2.03. The van der Waals surface area contributed by atoms with Gasteiger partial charge in [0.05, 0.1) is 6.61 Å². The smallest absolute Gasteiger partial charge is 0.332 e. The van der Waals surface area contributed by atoms with Crippen molar-refractivity contribution in [2.75, 3.05) is 6.61 Å². The Kier molecular flexibility index (Phi) is 2.18. The van der Waals surface area contributed by atoms with E-state index in [1.54, 1.807) is 0 Å². The second-order valence-corrected chi connectivity index (χ2v) is 3.84. The predicted molar refractivity (Wildman–Crippen MR) is 40.4 cm³/mol. The van der Waals surface area contributed by atoms with E-state index in [1.165, 1.54) is 0 Å². The summed E-state index contributed by atoms with van der Waals surface area (Å²) >= 11 is 0. The highest BCUT2D eigenvalue weighted by atomic mass is 16.5. The van der Waals surface area contributed by atoms with Crippen LogP contribution in [0.1, 0.15) is 26.7 Å². The molecular formula is C8H14O3. The maximum absolute atomic E-state index is 10.4. The third-order valence-corrected chi connectivity index (χ3v) is 2.03. The first-order valence-corrected chi connectivity index (χ1v) is 3.86. The van der Waals surface area contributed by atoms with E-state index in [1.807, 2.05) is 0 Å². The van der Waals surface area contributed by atoms with E-state index in [9.17, 15) is 4.79 Å². The number of carbonyl (C=O) groups is 1. The Morgan fingerprint density at radius 2 is 2.27 bits per heavy atom. The van der Waals surface area contributed by atoms with E-state index in [-0.39, 0.29) is 5.41 Å². The largest absolute Gasteiger partial charge is 0.479 e. The molecule has 1 saturated heterocycles. The standard InChI is InChI=1S/C8H14O3/c1-8(2)4-3-6(7(9)10)11-5-8/h6H,3-5H2,1-2H3,(H,9,10)/t6-/m1/s1. The molecule has 0 unspecified atom stereocenters. The van der Waals surface area contributed by atoms with Crippen LogP contribution in [0.25, 0.3) is 0 Å². The van der Waals surface area contributed by atoms with Gasteiger partial charge in [-0.05, 0) is 18.3 Å². The molecule has 0 aromatic rings. The molecule has 0 bridgehead atoms. The Morgan fingerprint density at radius 1 is 1.64 bits per heavy atom. The second kappa shape index (κ2) is 2.81. The first-order chi connectivity index (χ1) is 5.01. The van der Waals surface area contributed by atoms with Gasteiger partial charge in [0.25, 0.3) is 0 Å². The third kappa shape index (κ3) is 2.19. The summed E-state index contributed by atoms with van der Waals surface area (Å²) in [6, 6.07) is 0. The molecule has 64 valence electrons. The highest BCUT2D eigenvalue weighted by molar-refractivity contribution is 5.72. The Labute approximate surface area is 66.4 Å². The van der Waals surface area contributed by atoms with Crippen LogP contribution >= 0.6 is 0 Å². The summed E-state index contributed by atoms with van der Waals surface area (Å²) < 4.78 is 5.16. The molecule has 1 N–H and O–H groups in total. The average Bonchev–Trinajstić information content (AvgIpc) is 1.86. The van der Waals surface area contributed by atoms with Gasteiger partial charge >= 0.3 is 5.97 Å². The van der Waals surface area contributed by atoms with Crippen LogP contribution in [-0.4, -0.2) is 23.8 Å². The summed E-state index contributed by atoms with van der Waals surface area (Å²) in [6.07, 6.45) is 1.01. The van der Waals surface area contributed by atoms with Crippen molar-refractivity contribution in [1.82, 2.24) is 0 Å². The fraction of sp³-hybridized carbons (Fsp3) is 0.875. The topological polar surface area (TPSA) is 46.5 Å². The lowest BCUT2D eigenvalue weighted by atomic mass is 9.85. The van der Waals surface area contributed by atoms with E-state index < -0.39 is 12.1 Å². The zero-order valence-corrected chi connectivity index (χ0v) is 6.96. The molecule has 3 heteroatoms. The van der Waals surface area contributed by atoms with Gasteiger partial charge in [-0.2, -0.15) is 0 Å². The number of hydrogen-bond acceptors (Lipinski definition) is 2. The Morgan fingerprint density at radius 3 is 2.64 bits per heavy atom. The highest BCUT2D eigenvalue weighted by Crippen LogP contribution is 2.29. The van der Waals surface area contributed by atoms with Crippen LogP contribution in [0.3, 0.4) is 0 Å². The number of aliphatic carboxylic acids is 1. The van der Waals surface area contributed by atoms with E-state index in [2.05, 4.69) is 13.8 Å². The van der Waals surface area contributed by atoms with Gasteiger partial charge in [0.2, 0.25) is 0 Å². The quantitative estimate of drug-likeness (QED) is 0.625. The van der Waals surface area contributed by atoms with Gasteiger partial charge in [-0.25, -0.2) is 4.79 Å². The van der Waals surface area contributed by atoms with Gasteiger partial charge in [0.15, 0.2) is 6.10 Å². The van der Waals surface area contributed by atoms with Gasteiger partial charge in [-0.1, -0.05) is 13.8 Å². The van der Waals surface area contributed by atoms with Crippen molar-refractivity contribution < 1.29 is 14.6 Å². The van der Waals surface area contributed by atoms with Crippen LogP contribution in [0.4, 0.5) is 0 Å². The van der Waals surface area contributed by atoms with Gasteiger partial charge < -0.3 is 9.84 Å². The first kappa shape index (κ1) is 8.53. The van der Waals surface area contributed by atoms with Crippen molar-refractivity contribution >= 4 is 5.97 Å². The Balaban J connectivity index is 2.42. The molecule has 0 saturated carbocycles. The van der Waals surface area contributed by atoms with Crippen molar-refractivity contribution in [2.45, 2.75) is 32.8 Å². The average molecular weight is 158 g/mol. The van der Waals surface area contributed by atoms with Crippen LogP contribution < -0.4 is 0 Å². The number of carboxylic acid groups (broad SMARTS) is 1. The van der Waals surface area contributed by atoms with Crippen LogP contribution in [0, 0.1) is 5.41 Å². The lowest BCUT2D eigenvalue weighted by molar-refractivity contribution is -0.157. The van der Waals surface area contributed by atoms with E-state index in [0.29, 0.717) is 13.0 Å². The van der Waals surface area contributed by atoms with E-state index in [0.717, 1.165) is 6.42 Å². The van der Waals surface area contributed by atoms with Crippen LogP contribution in [-0.2, 0) is 9.53 Å². The molecule has 0 aromatic heterocycles. The molecule has 0 aliphatic carbocycles. The molecule has 11 heavy (non-hydrogen) atoms. The number of rotatable bonds is 1. The molecule has 1 atom stereocenters. The summed E-state index contributed by atoms with van der Waals surface area (Å²) in [4.78, 5) is 10.4. The SMILES string of the molecule is CC1(C)CC[C@H](C(=O)O)OC1. The Hall–Kier alpha value is -0.570. The van der Waals surface area contributed by atoms with Gasteiger partial charge in [0.1, 0.15) is 0 Å². The molecule has 0 spiro atoms.